The van der Waals surface area contributed by atoms with Crippen LogP contribution in [0.25, 0.3) is 0 Å². The van der Waals surface area contributed by atoms with E-state index < -0.39 is 4.32 Å². The molecule has 0 fully saturated rings. The molecule has 0 aromatic carbocycles. The van der Waals surface area contributed by atoms with Crippen molar-refractivity contribution in [2.75, 3.05) is 0 Å². The van der Waals surface area contributed by atoms with Crippen LogP contribution in [0.1, 0.15) is 55.4 Å². The molecule has 0 bridgehead atoms. The molecule has 0 radical (unpaired) electrons. The Bertz CT molecular complexity index is 237. The van der Waals surface area contributed by atoms with Crippen molar-refractivity contribution in [3.63, 3.8) is 0 Å². The van der Waals surface area contributed by atoms with E-state index in [0.717, 1.165) is 0 Å². The van der Waals surface area contributed by atoms with Crippen LogP contribution in [0.5, 0.6) is 0 Å². The van der Waals surface area contributed by atoms with Crippen LogP contribution in [-0.2, 0) is 9.53 Å². The Morgan fingerprint density at radius 1 is 0.938 bits per heavy atom. The standard InChI is InChI=1S/C13H25BrO2/c1-11(2,3)9(12(4,5)6)16-10(15)13(7,8)14/h9H,1-8H3. The molecule has 0 aliphatic heterocycles. The van der Waals surface area contributed by atoms with Crippen molar-refractivity contribution in [3.05, 3.63) is 0 Å². The number of carbonyl (C=O) groups excluding carboxylic acids is 1. The van der Waals surface area contributed by atoms with E-state index in [1.54, 1.807) is 13.8 Å². The van der Waals surface area contributed by atoms with E-state index in [4.69, 9.17) is 4.74 Å². The van der Waals surface area contributed by atoms with Gasteiger partial charge < -0.3 is 4.74 Å². The Balaban J connectivity index is 4.93. The molecule has 0 aliphatic rings. The minimum absolute atomic E-state index is 0.0633. The smallest absolute Gasteiger partial charge is 0.322 e. The van der Waals surface area contributed by atoms with Gasteiger partial charge in [0.2, 0.25) is 0 Å². The van der Waals surface area contributed by atoms with Crippen LogP contribution in [0.4, 0.5) is 0 Å². The molecular formula is C13H25BrO2. The van der Waals surface area contributed by atoms with E-state index >= 15 is 0 Å². The van der Waals surface area contributed by atoms with Crippen LogP contribution in [0, 0.1) is 10.8 Å². The van der Waals surface area contributed by atoms with Gasteiger partial charge in [-0.15, -0.1) is 0 Å². The average molecular weight is 293 g/mol. The highest BCUT2D eigenvalue weighted by atomic mass is 79.9. The first-order valence-electron chi connectivity index (χ1n) is 5.66. The Hall–Kier alpha value is -0.0500. The molecule has 0 aromatic rings. The summed E-state index contributed by atoms with van der Waals surface area (Å²) in [5.41, 5.74) is -0.127. The fourth-order valence-electron chi connectivity index (χ4n) is 1.90. The normalized spacial score (nSPS) is 14.1. The second kappa shape index (κ2) is 4.67. The van der Waals surface area contributed by atoms with Crippen molar-refractivity contribution in [1.29, 1.82) is 0 Å². The maximum Gasteiger partial charge on any atom is 0.322 e. The maximum atomic E-state index is 11.9. The third kappa shape index (κ3) is 4.86. The molecule has 0 atom stereocenters. The van der Waals surface area contributed by atoms with Gasteiger partial charge >= 0.3 is 5.97 Å². The van der Waals surface area contributed by atoms with Gasteiger partial charge in [0.15, 0.2) is 0 Å². The predicted octanol–water partition coefficient (Wildman–Crippen LogP) is 4.16. The predicted molar refractivity (Wildman–Crippen MR) is 71.8 cm³/mol. The largest absolute Gasteiger partial charge is 0.460 e. The van der Waals surface area contributed by atoms with Gasteiger partial charge in [-0.05, 0) is 24.7 Å². The monoisotopic (exact) mass is 292 g/mol. The Morgan fingerprint density at radius 3 is 1.44 bits per heavy atom. The van der Waals surface area contributed by atoms with Crippen molar-refractivity contribution < 1.29 is 9.53 Å². The second-order valence-electron chi connectivity index (χ2n) is 6.99. The van der Waals surface area contributed by atoms with E-state index in [1.807, 2.05) is 0 Å². The molecule has 0 saturated carbocycles. The number of halogens is 1. The highest BCUT2D eigenvalue weighted by molar-refractivity contribution is 9.10. The second-order valence-corrected chi connectivity index (χ2v) is 8.97. The molecule has 16 heavy (non-hydrogen) atoms. The zero-order chi connectivity index (χ0) is 13.4. The van der Waals surface area contributed by atoms with Crippen LogP contribution in [0.2, 0.25) is 0 Å². The molecule has 0 rings (SSSR count). The van der Waals surface area contributed by atoms with Gasteiger partial charge in [-0.3, -0.25) is 4.79 Å². The summed E-state index contributed by atoms with van der Waals surface area (Å²) < 4.78 is 5.03. The minimum Gasteiger partial charge on any atom is -0.460 e. The van der Waals surface area contributed by atoms with E-state index in [2.05, 4.69) is 57.5 Å². The quantitative estimate of drug-likeness (QED) is 0.564. The fourth-order valence-corrected chi connectivity index (χ4v) is 1.99. The fraction of sp³-hybridized carbons (Fsp3) is 0.923. The number of carbonyl (C=O) groups is 1. The summed E-state index contributed by atoms with van der Waals surface area (Å²) in [5, 5.41) is 0. The molecule has 0 aromatic heterocycles. The van der Waals surface area contributed by atoms with Gasteiger partial charge in [-0.25, -0.2) is 0 Å². The SMILES string of the molecule is CC(C)(Br)C(=O)OC(C(C)(C)C)C(C)(C)C. The zero-order valence-corrected chi connectivity index (χ0v) is 13.4. The van der Waals surface area contributed by atoms with Gasteiger partial charge in [0, 0.05) is 0 Å². The van der Waals surface area contributed by atoms with Crippen LogP contribution >= 0.6 is 15.9 Å². The number of hydrogen-bond donors (Lipinski definition) is 0. The van der Waals surface area contributed by atoms with Gasteiger partial charge in [0.25, 0.3) is 0 Å². The van der Waals surface area contributed by atoms with Crippen molar-refractivity contribution >= 4 is 21.9 Å². The molecule has 0 spiro atoms. The first kappa shape index (κ1) is 16.0. The number of alkyl halides is 1. The van der Waals surface area contributed by atoms with Crippen LogP contribution in [0.3, 0.4) is 0 Å². The van der Waals surface area contributed by atoms with E-state index in [-0.39, 0.29) is 22.9 Å². The Labute approximate surface area is 108 Å². The van der Waals surface area contributed by atoms with E-state index in [1.165, 1.54) is 0 Å². The third-order valence-corrected chi connectivity index (χ3v) is 2.61. The average Bonchev–Trinajstić information content (AvgIpc) is 1.92. The highest BCUT2D eigenvalue weighted by Crippen LogP contribution is 2.37. The summed E-state index contributed by atoms with van der Waals surface area (Å²) >= 11 is 3.33. The first-order chi connectivity index (χ1) is 6.76. The number of ether oxygens (including phenoxy) is 1. The van der Waals surface area contributed by atoms with E-state index in [9.17, 15) is 4.79 Å². The molecule has 3 heteroatoms. The molecule has 0 N–H and O–H groups in total. The molecule has 0 unspecified atom stereocenters. The molecule has 0 amide bonds. The lowest BCUT2D eigenvalue weighted by Gasteiger charge is -2.40. The molecular weight excluding hydrogens is 268 g/mol. The maximum absolute atomic E-state index is 11.9. The Morgan fingerprint density at radius 2 is 1.25 bits per heavy atom. The number of hydrogen-bond acceptors (Lipinski definition) is 2. The lowest BCUT2D eigenvalue weighted by atomic mass is 9.74. The van der Waals surface area contributed by atoms with Crippen LogP contribution in [0.15, 0.2) is 0 Å². The zero-order valence-electron chi connectivity index (χ0n) is 11.8. The van der Waals surface area contributed by atoms with Gasteiger partial charge in [-0.1, -0.05) is 57.5 Å². The summed E-state index contributed by atoms with van der Waals surface area (Å²) in [5.74, 6) is -0.206. The van der Waals surface area contributed by atoms with Crippen molar-refractivity contribution in [1.82, 2.24) is 0 Å². The van der Waals surface area contributed by atoms with E-state index in [0.29, 0.717) is 0 Å². The summed E-state index contributed by atoms with van der Waals surface area (Å²) in [6.07, 6.45) is -0.107. The van der Waals surface area contributed by atoms with Crippen molar-refractivity contribution in [3.8, 4) is 0 Å². The summed E-state index contributed by atoms with van der Waals surface area (Å²) in [6.45, 7) is 16.2. The summed E-state index contributed by atoms with van der Waals surface area (Å²) in [4.78, 5) is 11.9. The topological polar surface area (TPSA) is 26.3 Å². The Kier molecular flexibility index (Phi) is 4.66. The summed E-state index contributed by atoms with van der Waals surface area (Å²) in [7, 11) is 0. The molecule has 0 aliphatic carbocycles. The minimum atomic E-state index is -0.623. The van der Waals surface area contributed by atoms with Crippen LogP contribution in [-0.4, -0.2) is 16.4 Å². The highest BCUT2D eigenvalue weighted by Gasteiger charge is 2.40. The van der Waals surface area contributed by atoms with Gasteiger partial charge in [0.05, 0.1) is 0 Å². The molecule has 2 nitrogen and oxygen atoms in total. The van der Waals surface area contributed by atoms with Crippen LogP contribution < -0.4 is 0 Å². The first-order valence-corrected chi connectivity index (χ1v) is 6.45. The number of rotatable bonds is 2. The summed E-state index contributed by atoms with van der Waals surface area (Å²) in [6, 6.07) is 0. The lowest BCUT2D eigenvalue weighted by molar-refractivity contribution is -0.165. The van der Waals surface area contributed by atoms with Crippen molar-refractivity contribution in [2.24, 2.45) is 10.8 Å². The molecule has 96 valence electrons. The van der Waals surface area contributed by atoms with Crippen molar-refractivity contribution in [2.45, 2.75) is 65.8 Å². The van der Waals surface area contributed by atoms with Gasteiger partial charge in [0.1, 0.15) is 10.4 Å². The molecule has 0 saturated heterocycles. The lowest BCUT2D eigenvalue weighted by Crippen LogP contribution is -2.44. The van der Waals surface area contributed by atoms with Gasteiger partial charge in [-0.2, -0.15) is 0 Å². The molecule has 0 heterocycles. The third-order valence-electron chi connectivity index (χ3n) is 2.28. The number of esters is 1.